The Kier molecular flexibility index (Phi) is 6.81. The minimum absolute atomic E-state index is 0.0756. The molecular formula is C22H32FN3O2. The van der Waals surface area contributed by atoms with Crippen molar-refractivity contribution in [2.24, 2.45) is 0 Å². The number of pyridine rings is 1. The largest absolute Gasteiger partial charge is 0.353 e. The summed E-state index contributed by atoms with van der Waals surface area (Å²) in [4.78, 5) is 30.5. The molecule has 0 radical (unpaired) electrons. The van der Waals surface area contributed by atoms with Gasteiger partial charge in [-0.15, -0.1) is 0 Å². The van der Waals surface area contributed by atoms with Gasteiger partial charge in [-0.1, -0.05) is 6.07 Å². The van der Waals surface area contributed by atoms with Crippen LogP contribution in [0.3, 0.4) is 0 Å². The van der Waals surface area contributed by atoms with Crippen molar-refractivity contribution in [2.75, 3.05) is 19.6 Å². The van der Waals surface area contributed by atoms with Gasteiger partial charge >= 0.3 is 0 Å². The number of aryl methyl sites for hydroxylation is 3. The Morgan fingerprint density at radius 3 is 2.68 bits per heavy atom. The number of hydrogen-bond donors (Lipinski definition) is 1. The number of carbonyl (C=O) groups is 2. The van der Waals surface area contributed by atoms with E-state index in [2.05, 4.69) is 17.4 Å². The van der Waals surface area contributed by atoms with Crippen molar-refractivity contribution in [2.45, 2.75) is 76.9 Å². The zero-order valence-corrected chi connectivity index (χ0v) is 17.1. The predicted molar refractivity (Wildman–Crippen MR) is 107 cm³/mol. The monoisotopic (exact) mass is 389 g/mol. The Balaban J connectivity index is 1.41. The number of Topliss-reactive ketones (excluding diaryl/α,β-unsaturated/α-hetero) is 1. The van der Waals surface area contributed by atoms with Gasteiger partial charge in [-0.3, -0.25) is 19.5 Å². The van der Waals surface area contributed by atoms with Crippen molar-refractivity contribution in [1.82, 2.24) is 15.2 Å². The van der Waals surface area contributed by atoms with Crippen molar-refractivity contribution < 1.29 is 14.0 Å². The average molecular weight is 390 g/mol. The second-order valence-electron chi connectivity index (χ2n) is 8.26. The molecule has 0 aromatic carbocycles. The van der Waals surface area contributed by atoms with Gasteiger partial charge in [0.2, 0.25) is 0 Å². The molecule has 0 saturated carbocycles. The molecule has 0 bridgehead atoms. The van der Waals surface area contributed by atoms with E-state index in [0.717, 1.165) is 31.4 Å². The molecule has 1 amide bonds. The number of amides is 1. The standard InChI is InChI=1S/C22H32FN3O2/c1-16(17(2)27)26-14-11-22(23,12-15-26)21(28)24-13-5-7-19-10-9-18-6-3-4-8-20(18)25-19/h9-10,16H,3-8,11-15H2,1-2H3,(H,24,28). The maximum absolute atomic E-state index is 15.0. The van der Waals surface area contributed by atoms with Gasteiger partial charge in [-0.2, -0.15) is 0 Å². The first-order valence-electron chi connectivity index (χ1n) is 10.6. The van der Waals surface area contributed by atoms with Crippen LogP contribution in [-0.2, 0) is 28.9 Å². The van der Waals surface area contributed by atoms with Crippen molar-refractivity contribution in [3.8, 4) is 0 Å². The predicted octanol–water partition coefficient (Wildman–Crippen LogP) is 2.79. The molecule has 1 aromatic rings. The second kappa shape index (κ2) is 9.12. The van der Waals surface area contributed by atoms with Crippen LogP contribution >= 0.6 is 0 Å². The Bertz CT molecular complexity index is 714. The zero-order chi connectivity index (χ0) is 20.1. The summed E-state index contributed by atoms with van der Waals surface area (Å²) in [7, 11) is 0. The third-order valence-electron chi connectivity index (χ3n) is 6.26. The van der Waals surface area contributed by atoms with Gasteiger partial charge in [0, 0.05) is 43.9 Å². The number of nitrogens with zero attached hydrogens (tertiary/aromatic N) is 2. The lowest BCUT2D eigenvalue weighted by Crippen LogP contribution is -2.53. The average Bonchev–Trinajstić information content (AvgIpc) is 2.71. The third kappa shape index (κ3) is 4.96. The number of rotatable bonds is 7. The normalized spacial score (nSPS) is 20.2. The van der Waals surface area contributed by atoms with Crippen LogP contribution in [0, 0.1) is 0 Å². The van der Waals surface area contributed by atoms with E-state index in [1.807, 2.05) is 11.8 Å². The van der Waals surface area contributed by atoms with E-state index in [4.69, 9.17) is 4.98 Å². The van der Waals surface area contributed by atoms with Gasteiger partial charge in [0.15, 0.2) is 5.67 Å². The molecule has 0 spiro atoms. The number of aromatic nitrogens is 1. The molecule has 6 heteroatoms. The van der Waals surface area contributed by atoms with Crippen LogP contribution in [-0.4, -0.2) is 52.9 Å². The van der Waals surface area contributed by atoms with Gasteiger partial charge in [0.25, 0.3) is 5.91 Å². The highest BCUT2D eigenvalue weighted by Crippen LogP contribution is 2.28. The summed E-state index contributed by atoms with van der Waals surface area (Å²) in [5.41, 5.74) is 1.82. The smallest absolute Gasteiger partial charge is 0.257 e. The van der Waals surface area contributed by atoms with E-state index in [9.17, 15) is 9.59 Å². The van der Waals surface area contributed by atoms with E-state index in [1.54, 1.807) is 6.92 Å². The molecular weight excluding hydrogens is 357 g/mol. The molecule has 2 aliphatic rings. The summed E-state index contributed by atoms with van der Waals surface area (Å²) < 4.78 is 15.0. The molecule has 1 atom stereocenters. The summed E-state index contributed by atoms with van der Waals surface area (Å²) in [6.07, 6.45) is 6.46. The van der Waals surface area contributed by atoms with E-state index in [-0.39, 0.29) is 24.7 Å². The highest BCUT2D eigenvalue weighted by atomic mass is 19.1. The fourth-order valence-electron chi connectivity index (χ4n) is 4.15. The summed E-state index contributed by atoms with van der Waals surface area (Å²) in [5.74, 6) is -0.437. The summed E-state index contributed by atoms with van der Waals surface area (Å²) in [6, 6.07) is 4.05. The van der Waals surface area contributed by atoms with Crippen LogP contribution in [0.1, 0.15) is 62.9 Å². The summed E-state index contributed by atoms with van der Waals surface area (Å²) in [6.45, 7) is 4.71. The van der Waals surface area contributed by atoms with Crippen LogP contribution in [0.5, 0.6) is 0 Å². The van der Waals surface area contributed by atoms with Crippen LogP contribution < -0.4 is 5.32 Å². The molecule has 3 rings (SSSR count). The first-order valence-corrected chi connectivity index (χ1v) is 10.6. The molecule has 154 valence electrons. The minimum Gasteiger partial charge on any atom is -0.353 e. The molecule has 5 nitrogen and oxygen atoms in total. The molecule has 1 saturated heterocycles. The SMILES string of the molecule is CC(=O)C(C)N1CCC(F)(C(=O)NCCCc2ccc3c(n2)CCCC3)CC1. The number of fused-ring (bicyclic) bond motifs is 1. The molecule has 2 heterocycles. The maximum Gasteiger partial charge on any atom is 0.257 e. The first kappa shape index (κ1) is 20.9. The lowest BCUT2D eigenvalue weighted by molar-refractivity contribution is -0.137. The number of hydrogen-bond acceptors (Lipinski definition) is 4. The quantitative estimate of drug-likeness (QED) is 0.729. The Morgan fingerprint density at radius 1 is 1.25 bits per heavy atom. The van der Waals surface area contributed by atoms with Crippen molar-refractivity contribution in [3.63, 3.8) is 0 Å². The van der Waals surface area contributed by atoms with Gasteiger partial charge < -0.3 is 5.32 Å². The van der Waals surface area contributed by atoms with Crippen LogP contribution in [0.2, 0.25) is 0 Å². The molecule has 1 aromatic heterocycles. The number of halogens is 1. The first-order chi connectivity index (χ1) is 13.4. The van der Waals surface area contributed by atoms with Crippen molar-refractivity contribution in [3.05, 3.63) is 29.1 Å². The number of ketones is 1. The number of carbonyl (C=O) groups excluding carboxylic acids is 2. The van der Waals surface area contributed by atoms with E-state index in [0.29, 0.717) is 19.6 Å². The number of likely N-dealkylation sites (tertiary alicyclic amines) is 1. The van der Waals surface area contributed by atoms with Crippen molar-refractivity contribution >= 4 is 11.7 Å². The Hall–Kier alpha value is -1.82. The number of nitrogens with one attached hydrogen (secondary N) is 1. The fraction of sp³-hybridized carbons (Fsp3) is 0.682. The van der Waals surface area contributed by atoms with Gasteiger partial charge in [-0.25, -0.2) is 4.39 Å². The van der Waals surface area contributed by atoms with Crippen LogP contribution in [0.25, 0.3) is 0 Å². The van der Waals surface area contributed by atoms with Gasteiger partial charge in [0.05, 0.1) is 6.04 Å². The van der Waals surface area contributed by atoms with Crippen molar-refractivity contribution in [1.29, 1.82) is 0 Å². The Labute approximate surface area is 167 Å². The number of alkyl halides is 1. The lowest BCUT2D eigenvalue weighted by atomic mass is 9.91. The fourth-order valence-corrected chi connectivity index (χ4v) is 4.15. The molecule has 1 aliphatic heterocycles. The molecule has 1 N–H and O–H groups in total. The van der Waals surface area contributed by atoms with Crippen LogP contribution in [0.15, 0.2) is 12.1 Å². The van der Waals surface area contributed by atoms with Gasteiger partial charge in [-0.05, 0) is 64.0 Å². The maximum atomic E-state index is 15.0. The molecule has 1 unspecified atom stereocenters. The molecule has 1 aliphatic carbocycles. The summed E-state index contributed by atoms with van der Waals surface area (Å²) >= 11 is 0. The molecule has 1 fully saturated rings. The molecule has 28 heavy (non-hydrogen) atoms. The highest BCUT2D eigenvalue weighted by Gasteiger charge is 2.42. The van der Waals surface area contributed by atoms with Crippen LogP contribution in [0.4, 0.5) is 4.39 Å². The minimum atomic E-state index is -1.82. The van der Waals surface area contributed by atoms with Gasteiger partial charge in [0.1, 0.15) is 5.78 Å². The zero-order valence-electron chi connectivity index (χ0n) is 17.1. The Morgan fingerprint density at radius 2 is 1.96 bits per heavy atom. The van der Waals surface area contributed by atoms with E-state index >= 15 is 4.39 Å². The second-order valence-corrected chi connectivity index (χ2v) is 8.26. The van der Waals surface area contributed by atoms with E-state index < -0.39 is 11.6 Å². The lowest BCUT2D eigenvalue weighted by Gasteiger charge is -2.37. The highest BCUT2D eigenvalue weighted by molar-refractivity contribution is 5.85. The topological polar surface area (TPSA) is 62.3 Å². The number of piperidine rings is 1. The third-order valence-corrected chi connectivity index (χ3v) is 6.26. The van der Waals surface area contributed by atoms with E-state index in [1.165, 1.54) is 24.1 Å². The summed E-state index contributed by atoms with van der Waals surface area (Å²) in [5, 5.41) is 2.77.